The number of rotatable bonds is 3. The molecular weight excluding hydrogens is 240 g/mol. The number of thioether (sulfide) groups is 1. The summed E-state index contributed by atoms with van der Waals surface area (Å²) in [6.45, 7) is 0. The summed E-state index contributed by atoms with van der Waals surface area (Å²) in [6, 6.07) is 12.7. The van der Waals surface area contributed by atoms with Gasteiger partial charge in [-0.3, -0.25) is 4.98 Å². The SMILES string of the molecule is NC(Cc1ccc2ccccc2n1)C1CCCS1. The molecule has 1 aromatic heterocycles. The van der Waals surface area contributed by atoms with E-state index < -0.39 is 0 Å². The molecule has 2 nitrogen and oxygen atoms in total. The van der Waals surface area contributed by atoms with Crippen LogP contribution in [0.4, 0.5) is 0 Å². The average Bonchev–Trinajstić information content (AvgIpc) is 2.92. The first kappa shape index (κ1) is 12.0. The molecule has 1 aliphatic heterocycles. The van der Waals surface area contributed by atoms with Gasteiger partial charge in [0.15, 0.2) is 0 Å². The second kappa shape index (κ2) is 5.29. The molecule has 94 valence electrons. The fourth-order valence-corrected chi connectivity index (χ4v) is 3.85. The predicted octanol–water partition coefficient (Wildman–Crippen LogP) is 3.00. The first-order chi connectivity index (χ1) is 8.83. The van der Waals surface area contributed by atoms with E-state index in [-0.39, 0.29) is 6.04 Å². The molecule has 2 heterocycles. The molecule has 1 aliphatic rings. The molecule has 0 bridgehead atoms. The second-order valence-electron chi connectivity index (χ2n) is 4.91. The van der Waals surface area contributed by atoms with Crippen molar-refractivity contribution in [3.05, 3.63) is 42.1 Å². The van der Waals surface area contributed by atoms with E-state index in [4.69, 9.17) is 10.7 Å². The van der Waals surface area contributed by atoms with E-state index >= 15 is 0 Å². The highest BCUT2D eigenvalue weighted by atomic mass is 32.2. The molecule has 2 unspecified atom stereocenters. The smallest absolute Gasteiger partial charge is 0.0705 e. The number of pyridine rings is 1. The standard InChI is InChI=1S/C15H18N2S/c16-13(15-6-3-9-18-15)10-12-8-7-11-4-1-2-5-14(11)17-12/h1-2,4-5,7-8,13,15H,3,6,9-10,16H2. The Hall–Kier alpha value is -1.06. The number of aromatic nitrogens is 1. The third-order valence-corrected chi connectivity index (χ3v) is 5.08. The molecule has 3 rings (SSSR count). The number of fused-ring (bicyclic) bond motifs is 1. The maximum Gasteiger partial charge on any atom is 0.0705 e. The Labute approximate surface area is 112 Å². The van der Waals surface area contributed by atoms with Crippen LogP contribution in [0.1, 0.15) is 18.5 Å². The Morgan fingerprint density at radius 1 is 1.28 bits per heavy atom. The first-order valence-electron chi connectivity index (χ1n) is 6.55. The molecule has 2 atom stereocenters. The summed E-state index contributed by atoms with van der Waals surface area (Å²) in [5, 5.41) is 1.82. The van der Waals surface area contributed by atoms with E-state index in [9.17, 15) is 0 Å². The van der Waals surface area contributed by atoms with Crippen LogP contribution in [0.3, 0.4) is 0 Å². The van der Waals surface area contributed by atoms with Gasteiger partial charge in [0.1, 0.15) is 0 Å². The van der Waals surface area contributed by atoms with Crippen LogP contribution in [-0.2, 0) is 6.42 Å². The van der Waals surface area contributed by atoms with Gasteiger partial charge in [-0.05, 0) is 30.7 Å². The minimum atomic E-state index is 0.242. The lowest BCUT2D eigenvalue weighted by atomic mass is 10.0. The quantitative estimate of drug-likeness (QED) is 0.920. The summed E-state index contributed by atoms with van der Waals surface area (Å²) in [4.78, 5) is 4.70. The highest BCUT2D eigenvalue weighted by Crippen LogP contribution is 2.29. The van der Waals surface area contributed by atoms with Crippen molar-refractivity contribution in [2.75, 3.05) is 5.75 Å². The highest BCUT2D eigenvalue weighted by Gasteiger charge is 2.23. The first-order valence-corrected chi connectivity index (χ1v) is 7.60. The van der Waals surface area contributed by atoms with Crippen molar-refractivity contribution in [1.82, 2.24) is 4.98 Å². The Morgan fingerprint density at radius 3 is 3.00 bits per heavy atom. The van der Waals surface area contributed by atoms with Crippen LogP contribution >= 0.6 is 11.8 Å². The molecule has 3 heteroatoms. The van der Waals surface area contributed by atoms with Gasteiger partial charge in [0, 0.05) is 28.8 Å². The van der Waals surface area contributed by atoms with Crippen LogP contribution in [0.5, 0.6) is 0 Å². The molecule has 18 heavy (non-hydrogen) atoms. The van der Waals surface area contributed by atoms with E-state index in [2.05, 4.69) is 24.3 Å². The predicted molar refractivity (Wildman–Crippen MR) is 78.9 cm³/mol. The normalized spacial score (nSPS) is 21.3. The molecule has 0 saturated carbocycles. The molecule has 0 amide bonds. The monoisotopic (exact) mass is 258 g/mol. The summed E-state index contributed by atoms with van der Waals surface area (Å²) in [5.74, 6) is 1.27. The largest absolute Gasteiger partial charge is 0.326 e. The van der Waals surface area contributed by atoms with Gasteiger partial charge in [-0.2, -0.15) is 11.8 Å². The summed E-state index contributed by atoms with van der Waals surface area (Å²) in [5.41, 5.74) is 8.48. The molecule has 0 spiro atoms. The van der Waals surface area contributed by atoms with Gasteiger partial charge < -0.3 is 5.73 Å². The van der Waals surface area contributed by atoms with E-state index in [1.165, 1.54) is 24.0 Å². The summed E-state index contributed by atoms with van der Waals surface area (Å²) in [7, 11) is 0. The summed E-state index contributed by atoms with van der Waals surface area (Å²) >= 11 is 2.02. The van der Waals surface area contributed by atoms with Crippen molar-refractivity contribution in [3.63, 3.8) is 0 Å². The number of nitrogens with zero attached hydrogens (tertiary/aromatic N) is 1. The van der Waals surface area contributed by atoms with E-state index in [1.807, 2.05) is 23.9 Å². The van der Waals surface area contributed by atoms with E-state index in [0.29, 0.717) is 5.25 Å². The zero-order chi connectivity index (χ0) is 12.4. The van der Waals surface area contributed by atoms with E-state index in [1.54, 1.807) is 0 Å². The van der Waals surface area contributed by atoms with Gasteiger partial charge in [-0.1, -0.05) is 24.3 Å². The van der Waals surface area contributed by atoms with Crippen LogP contribution in [-0.4, -0.2) is 22.0 Å². The van der Waals surface area contributed by atoms with Crippen LogP contribution in [0.25, 0.3) is 10.9 Å². The zero-order valence-electron chi connectivity index (χ0n) is 10.4. The van der Waals surface area contributed by atoms with Crippen molar-refractivity contribution in [2.24, 2.45) is 5.73 Å². The Kier molecular flexibility index (Phi) is 3.52. The number of hydrogen-bond acceptors (Lipinski definition) is 3. The molecule has 1 fully saturated rings. The van der Waals surface area contributed by atoms with Gasteiger partial charge in [-0.25, -0.2) is 0 Å². The molecule has 0 aliphatic carbocycles. The molecule has 1 saturated heterocycles. The van der Waals surface area contributed by atoms with Crippen molar-refractivity contribution in [1.29, 1.82) is 0 Å². The maximum absolute atomic E-state index is 6.29. The highest BCUT2D eigenvalue weighted by molar-refractivity contribution is 8.00. The van der Waals surface area contributed by atoms with Crippen molar-refractivity contribution in [3.8, 4) is 0 Å². The fraction of sp³-hybridized carbons (Fsp3) is 0.400. The van der Waals surface area contributed by atoms with Gasteiger partial charge >= 0.3 is 0 Å². The average molecular weight is 258 g/mol. The number of nitrogens with two attached hydrogens (primary N) is 1. The van der Waals surface area contributed by atoms with Crippen LogP contribution in [0.15, 0.2) is 36.4 Å². The molecule has 1 aromatic carbocycles. The minimum absolute atomic E-state index is 0.242. The Balaban J connectivity index is 1.77. The maximum atomic E-state index is 6.29. The van der Waals surface area contributed by atoms with Crippen LogP contribution in [0.2, 0.25) is 0 Å². The van der Waals surface area contributed by atoms with E-state index in [0.717, 1.165) is 17.6 Å². The topological polar surface area (TPSA) is 38.9 Å². The number of para-hydroxylation sites is 1. The van der Waals surface area contributed by atoms with Gasteiger partial charge in [-0.15, -0.1) is 0 Å². The lowest BCUT2D eigenvalue weighted by molar-refractivity contribution is 0.603. The number of benzene rings is 1. The van der Waals surface area contributed by atoms with Crippen molar-refractivity contribution < 1.29 is 0 Å². The van der Waals surface area contributed by atoms with Gasteiger partial charge in [0.2, 0.25) is 0 Å². The zero-order valence-corrected chi connectivity index (χ0v) is 11.2. The fourth-order valence-electron chi connectivity index (χ4n) is 2.54. The lowest BCUT2D eigenvalue weighted by Gasteiger charge is -2.17. The molecule has 0 radical (unpaired) electrons. The summed E-state index contributed by atoms with van der Waals surface area (Å²) in [6.07, 6.45) is 3.47. The Bertz CT molecular complexity index is 535. The lowest BCUT2D eigenvalue weighted by Crippen LogP contribution is -2.33. The van der Waals surface area contributed by atoms with Crippen molar-refractivity contribution >= 4 is 22.7 Å². The minimum Gasteiger partial charge on any atom is -0.326 e. The van der Waals surface area contributed by atoms with Crippen LogP contribution < -0.4 is 5.73 Å². The molecule has 2 aromatic rings. The molecular formula is C15H18N2S. The number of hydrogen-bond donors (Lipinski definition) is 1. The van der Waals surface area contributed by atoms with Gasteiger partial charge in [0.25, 0.3) is 0 Å². The third-order valence-electron chi connectivity index (χ3n) is 3.54. The summed E-state index contributed by atoms with van der Waals surface area (Å²) < 4.78 is 0. The van der Waals surface area contributed by atoms with Crippen molar-refractivity contribution in [2.45, 2.75) is 30.6 Å². The van der Waals surface area contributed by atoms with Crippen LogP contribution in [0, 0.1) is 0 Å². The molecule has 2 N–H and O–H groups in total. The third kappa shape index (κ3) is 2.52. The van der Waals surface area contributed by atoms with Gasteiger partial charge in [0.05, 0.1) is 5.52 Å². The Morgan fingerprint density at radius 2 is 2.17 bits per heavy atom. The second-order valence-corrected chi connectivity index (χ2v) is 6.26.